The first kappa shape index (κ1) is 2.49. The van der Waals surface area contributed by atoms with Crippen LogP contribution in [-0.4, -0.2) is 11.7 Å². The monoisotopic (exact) mass is 106 g/mol. The Kier molecular flexibility index (Phi) is 2.12. The van der Waals surface area contributed by atoms with Crippen molar-refractivity contribution in [2.45, 2.75) is 32.5 Å². The first-order chi connectivity index (χ1) is 5.00. The lowest BCUT2D eigenvalue weighted by Crippen LogP contribution is -1.80. The molecule has 0 aromatic heterocycles. The highest BCUT2D eigenvalue weighted by Crippen LogP contribution is 1.95. The van der Waals surface area contributed by atoms with E-state index in [0.29, 0.717) is 12.8 Å². The molecule has 1 heteroatoms. The molecule has 0 saturated heterocycles. The molecule has 0 aromatic rings. The van der Waals surface area contributed by atoms with E-state index < -0.39 is 13.2 Å². The second-order valence-electron chi connectivity index (χ2n) is 1.38. The van der Waals surface area contributed by atoms with Crippen molar-refractivity contribution in [1.29, 1.82) is 0 Å². The van der Waals surface area contributed by atoms with Gasteiger partial charge in [0.2, 0.25) is 0 Å². The maximum Gasteiger partial charge on any atom is 0.0431 e. The average molecular weight is 106 g/mol. The van der Waals surface area contributed by atoms with E-state index in [4.69, 9.17) is 10.6 Å². The summed E-state index contributed by atoms with van der Waals surface area (Å²) in [6.07, 6.45) is -0.454. The summed E-state index contributed by atoms with van der Waals surface area (Å²) in [5.74, 6) is 0. The van der Waals surface area contributed by atoms with Crippen LogP contribution in [0.15, 0.2) is 0 Å². The molecule has 0 rings (SSSR count). The SMILES string of the molecule is [2H]C([2H])C([2H])([2H])CCCCO. The van der Waals surface area contributed by atoms with Gasteiger partial charge < -0.3 is 5.11 Å². The third kappa shape index (κ3) is 5.96. The molecule has 44 valence electrons. The van der Waals surface area contributed by atoms with Crippen LogP contribution in [-0.2, 0) is 0 Å². The van der Waals surface area contributed by atoms with Crippen molar-refractivity contribution >= 4 is 0 Å². The van der Waals surface area contributed by atoms with Crippen molar-refractivity contribution in [3.05, 3.63) is 0 Å². The topological polar surface area (TPSA) is 20.2 Å². The lowest BCUT2D eigenvalue weighted by Gasteiger charge is -1.90. The summed E-state index contributed by atoms with van der Waals surface area (Å²) < 4.78 is 28.0. The summed E-state index contributed by atoms with van der Waals surface area (Å²) in [4.78, 5) is 0. The van der Waals surface area contributed by atoms with Crippen molar-refractivity contribution in [1.82, 2.24) is 0 Å². The standard InChI is InChI=1S/C6H14O/c1-2-3-4-5-6-7/h7H,2-6H2,1H3/i1D2,2D2. The molecule has 0 aliphatic rings. The molecule has 0 unspecified atom stereocenters. The molecule has 0 bridgehead atoms. The first-order valence-electron chi connectivity index (χ1n) is 4.61. The van der Waals surface area contributed by atoms with Crippen LogP contribution in [0.25, 0.3) is 0 Å². The number of aliphatic hydroxyl groups is 1. The van der Waals surface area contributed by atoms with Crippen molar-refractivity contribution in [3.8, 4) is 0 Å². The lowest BCUT2D eigenvalue weighted by atomic mass is 10.2. The minimum Gasteiger partial charge on any atom is -0.396 e. The number of rotatable bonds is 4. The largest absolute Gasteiger partial charge is 0.396 e. The highest BCUT2D eigenvalue weighted by atomic mass is 16.2. The molecule has 0 heterocycles. The molecule has 0 spiro atoms. The van der Waals surface area contributed by atoms with Crippen molar-refractivity contribution in [2.24, 2.45) is 0 Å². The van der Waals surface area contributed by atoms with E-state index in [-0.39, 0.29) is 13.0 Å². The van der Waals surface area contributed by atoms with Crippen LogP contribution in [0.1, 0.15) is 38.0 Å². The maximum atomic E-state index is 8.39. The highest BCUT2D eigenvalue weighted by Gasteiger charge is 1.80. The lowest BCUT2D eigenvalue weighted by molar-refractivity contribution is 0.283. The van der Waals surface area contributed by atoms with Gasteiger partial charge in [-0.2, -0.15) is 0 Å². The van der Waals surface area contributed by atoms with Crippen LogP contribution in [0.3, 0.4) is 0 Å². The zero-order valence-electron chi connectivity index (χ0n) is 8.35. The van der Waals surface area contributed by atoms with E-state index in [2.05, 4.69) is 0 Å². The molecule has 1 N–H and O–H groups in total. The van der Waals surface area contributed by atoms with Gasteiger partial charge in [-0.1, -0.05) is 26.1 Å². The van der Waals surface area contributed by atoms with E-state index in [1.165, 1.54) is 0 Å². The van der Waals surface area contributed by atoms with Gasteiger partial charge in [0, 0.05) is 12.1 Å². The molecule has 1 nitrogen and oxygen atoms in total. The molecule has 0 aromatic carbocycles. The summed E-state index contributed by atoms with van der Waals surface area (Å²) in [6, 6.07) is 0. The van der Waals surface area contributed by atoms with Gasteiger partial charge in [-0.15, -0.1) is 0 Å². The molecule has 0 aliphatic carbocycles. The zero-order valence-corrected chi connectivity index (χ0v) is 4.35. The van der Waals surface area contributed by atoms with Crippen molar-refractivity contribution < 1.29 is 10.6 Å². The molecule has 0 fully saturated rings. The van der Waals surface area contributed by atoms with Gasteiger partial charge in [0.15, 0.2) is 0 Å². The Morgan fingerprint density at radius 1 is 1.57 bits per heavy atom. The Hall–Kier alpha value is -0.0400. The Morgan fingerprint density at radius 3 is 3.00 bits per heavy atom. The molecular weight excluding hydrogens is 88.1 g/mol. The third-order valence-corrected chi connectivity index (χ3v) is 0.729. The molecular formula is C6H14O. The minimum absolute atomic E-state index is 0.0523. The molecule has 0 amide bonds. The Labute approximate surface area is 51.0 Å². The van der Waals surface area contributed by atoms with Gasteiger partial charge in [0.25, 0.3) is 0 Å². The molecule has 0 saturated carbocycles. The predicted octanol–water partition coefficient (Wildman–Crippen LogP) is 1.56. The summed E-state index contributed by atoms with van der Waals surface area (Å²) in [7, 11) is 0. The van der Waals surface area contributed by atoms with Crippen LogP contribution in [0, 0.1) is 0 Å². The quantitative estimate of drug-likeness (QED) is 0.539. The van der Waals surface area contributed by atoms with Crippen LogP contribution in [0.2, 0.25) is 0 Å². The third-order valence-electron chi connectivity index (χ3n) is 0.729. The van der Waals surface area contributed by atoms with E-state index in [0.717, 1.165) is 0 Å². The summed E-state index contributed by atoms with van der Waals surface area (Å²) in [5.41, 5.74) is 0. The van der Waals surface area contributed by atoms with Gasteiger partial charge >= 0.3 is 0 Å². The van der Waals surface area contributed by atoms with Crippen molar-refractivity contribution in [2.75, 3.05) is 6.61 Å². The van der Waals surface area contributed by atoms with Crippen LogP contribution < -0.4 is 0 Å². The summed E-state index contributed by atoms with van der Waals surface area (Å²) in [6.45, 7) is -1.38. The maximum absolute atomic E-state index is 8.39. The van der Waals surface area contributed by atoms with E-state index in [1.807, 2.05) is 0 Å². The Balaban J connectivity index is 3.55. The Morgan fingerprint density at radius 2 is 2.43 bits per heavy atom. The second kappa shape index (κ2) is 5.96. The normalized spacial score (nSPS) is 20.3. The van der Waals surface area contributed by atoms with Crippen LogP contribution in [0.4, 0.5) is 0 Å². The number of aliphatic hydroxyl groups excluding tert-OH is 1. The minimum atomic E-state index is -1.73. The summed E-state index contributed by atoms with van der Waals surface area (Å²) >= 11 is 0. The van der Waals surface area contributed by atoms with Gasteiger partial charge in [-0.05, 0) is 6.42 Å². The first-order valence-corrected chi connectivity index (χ1v) is 2.46. The number of hydrogen-bond acceptors (Lipinski definition) is 1. The fourth-order valence-electron chi connectivity index (χ4n) is 0.339. The Bertz CT molecular complexity index is 105. The second-order valence-corrected chi connectivity index (χ2v) is 1.38. The van der Waals surface area contributed by atoms with Gasteiger partial charge in [0.1, 0.15) is 0 Å². The van der Waals surface area contributed by atoms with E-state index in [1.54, 1.807) is 0 Å². The number of hydrogen-bond donors (Lipinski definition) is 1. The molecule has 0 radical (unpaired) electrons. The van der Waals surface area contributed by atoms with E-state index in [9.17, 15) is 0 Å². The predicted molar refractivity (Wildman–Crippen MR) is 31.2 cm³/mol. The number of unbranched alkanes of at least 4 members (excludes halogenated alkanes) is 1. The summed E-state index contributed by atoms with van der Waals surface area (Å²) in [5, 5.41) is 8.39. The smallest absolute Gasteiger partial charge is 0.0431 e. The molecule has 0 atom stereocenters. The average Bonchev–Trinajstić information content (AvgIpc) is 1.88. The van der Waals surface area contributed by atoms with Gasteiger partial charge in [0.05, 0.1) is 0 Å². The van der Waals surface area contributed by atoms with Crippen LogP contribution in [0.5, 0.6) is 0 Å². The fourth-order valence-corrected chi connectivity index (χ4v) is 0.339. The van der Waals surface area contributed by atoms with Gasteiger partial charge in [-0.25, -0.2) is 0 Å². The molecule has 0 aliphatic heterocycles. The fraction of sp³-hybridized carbons (Fsp3) is 1.00. The van der Waals surface area contributed by atoms with E-state index >= 15 is 0 Å². The molecule has 7 heavy (non-hydrogen) atoms. The highest BCUT2D eigenvalue weighted by molar-refractivity contribution is 4.35. The van der Waals surface area contributed by atoms with Crippen molar-refractivity contribution in [3.63, 3.8) is 0 Å². The van der Waals surface area contributed by atoms with Crippen LogP contribution >= 0.6 is 0 Å². The zero-order chi connectivity index (χ0) is 8.91. The van der Waals surface area contributed by atoms with Gasteiger partial charge in [-0.3, -0.25) is 0 Å².